The normalized spacial score (nSPS) is 13.2. The highest BCUT2D eigenvalue weighted by atomic mass is 32.1. The Labute approximate surface area is 187 Å². The summed E-state index contributed by atoms with van der Waals surface area (Å²) >= 11 is 1.74. The van der Waals surface area contributed by atoms with Gasteiger partial charge in [-0.1, -0.05) is 61.9 Å². The minimum Gasteiger partial charge on any atom is -0.369 e. The summed E-state index contributed by atoms with van der Waals surface area (Å²) in [5, 5.41) is 2.10. The van der Waals surface area contributed by atoms with Crippen LogP contribution in [-0.4, -0.2) is 11.2 Å². The monoisotopic (exact) mass is 435 g/mol. The zero-order chi connectivity index (χ0) is 21.5. The van der Waals surface area contributed by atoms with E-state index in [2.05, 4.69) is 64.4 Å². The van der Waals surface area contributed by atoms with E-state index in [1.165, 1.54) is 17.0 Å². The number of rotatable bonds is 10. The maximum Gasteiger partial charge on any atom is 0.244 e. The number of thiophene rings is 1. The van der Waals surface area contributed by atoms with Crippen LogP contribution in [0, 0.1) is 5.82 Å². The molecule has 160 valence electrons. The second-order valence-corrected chi connectivity index (χ2v) is 8.63. The van der Waals surface area contributed by atoms with Gasteiger partial charge in [0.05, 0.1) is 0 Å². The van der Waals surface area contributed by atoms with Gasteiger partial charge in [-0.2, -0.15) is 0 Å². The molecule has 0 bridgehead atoms. The third-order valence-electron chi connectivity index (χ3n) is 5.37. The molecule has 0 radical (unpaired) electrons. The molecule has 5 heteroatoms. The van der Waals surface area contributed by atoms with Crippen LogP contribution < -0.4 is 4.57 Å². The number of ether oxygens (including phenoxy) is 1. The lowest BCUT2D eigenvalue weighted by atomic mass is 9.98. The highest BCUT2D eigenvalue weighted by Crippen LogP contribution is 2.27. The van der Waals surface area contributed by atoms with Crippen LogP contribution in [0.1, 0.15) is 47.9 Å². The lowest BCUT2D eigenvalue weighted by Crippen LogP contribution is -2.35. The minimum atomic E-state index is -0.221. The van der Waals surface area contributed by atoms with E-state index in [0.29, 0.717) is 0 Å². The van der Waals surface area contributed by atoms with Gasteiger partial charge in [-0.3, -0.25) is 0 Å². The van der Waals surface area contributed by atoms with Gasteiger partial charge in [0.2, 0.25) is 6.33 Å². The van der Waals surface area contributed by atoms with Crippen LogP contribution in [0.5, 0.6) is 0 Å². The fourth-order valence-electron chi connectivity index (χ4n) is 3.75. The summed E-state index contributed by atoms with van der Waals surface area (Å²) in [7, 11) is 0. The van der Waals surface area contributed by atoms with Crippen LogP contribution in [0.3, 0.4) is 0 Å². The minimum absolute atomic E-state index is 0.0238. The smallest absolute Gasteiger partial charge is 0.244 e. The van der Waals surface area contributed by atoms with Gasteiger partial charge >= 0.3 is 0 Å². The van der Waals surface area contributed by atoms with E-state index in [9.17, 15) is 4.39 Å². The van der Waals surface area contributed by atoms with Crippen LogP contribution in [0.25, 0.3) is 0 Å². The van der Waals surface area contributed by atoms with E-state index >= 15 is 0 Å². The Morgan fingerprint density at radius 3 is 2.48 bits per heavy atom. The summed E-state index contributed by atoms with van der Waals surface area (Å²) in [5.41, 5.74) is 2.20. The molecular weight excluding hydrogens is 407 g/mol. The van der Waals surface area contributed by atoms with Crippen molar-refractivity contribution in [2.75, 3.05) is 6.61 Å². The predicted molar refractivity (Wildman–Crippen MR) is 123 cm³/mol. The molecule has 2 aromatic heterocycles. The SMILES string of the molecule is CCCCOC(C[n+]1ccn(C(c2ccccc2)c2ccc(F)cc2)c1)c1cccs1. The Bertz CT molecular complexity index is 1040. The van der Waals surface area contributed by atoms with E-state index in [1.54, 1.807) is 11.3 Å². The van der Waals surface area contributed by atoms with E-state index in [1.807, 2.05) is 30.3 Å². The number of halogens is 1. The van der Waals surface area contributed by atoms with Crippen molar-refractivity contribution in [1.82, 2.24) is 4.57 Å². The zero-order valence-corrected chi connectivity index (χ0v) is 18.5. The standard InChI is InChI=1S/C26H28FN2OS/c1-2-3-17-30-24(25-10-7-18-31-25)19-28-15-16-29(20-28)26(21-8-5-4-6-9-21)22-11-13-23(27)14-12-22/h4-16,18,20,24,26H,2-3,17,19H2,1H3/q+1. The van der Waals surface area contributed by atoms with Gasteiger partial charge in [-0.15, -0.1) is 11.3 Å². The van der Waals surface area contributed by atoms with E-state index in [4.69, 9.17) is 4.74 Å². The van der Waals surface area contributed by atoms with E-state index < -0.39 is 0 Å². The van der Waals surface area contributed by atoms with Crippen LogP contribution in [0.15, 0.2) is 90.8 Å². The van der Waals surface area contributed by atoms with Gasteiger partial charge in [-0.05, 0) is 30.0 Å². The number of benzene rings is 2. The Morgan fingerprint density at radius 2 is 1.77 bits per heavy atom. The lowest BCUT2D eigenvalue weighted by Gasteiger charge is -2.16. The molecule has 0 aliphatic heterocycles. The summed E-state index contributed by atoms with van der Waals surface area (Å²) in [6.45, 7) is 3.70. The van der Waals surface area contributed by atoms with Crippen molar-refractivity contribution in [2.24, 2.45) is 0 Å². The Kier molecular flexibility index (Phi) is 7.28. The summed E-state index contributed by atoms with van der Waals surface area (Å²) in [6.07, 6.45) is 8.51. The molecule has 0 amide bonds. The molecule has 2 atom stereocenters. The van der Waals surface area contributed by atoms with Crippen LogP contribution in [0.2, 0.25) is 0 Å². The topological polar surface area (TPSA) is 18.0 Å². The Hall–Kier alpha value is -2.76. The number of unbranched alkanes of at least 4 members (excludes halogenated alkanes) is 1. The summed E-state index contributed by atoms with van der Waals surface area (Å²) < 4.78 is 24.1. The first kappa shape index (κ1) is 21.5. The van der Waals surface area contributed by atoms with Crippen molar-refractivity contribution in [2.45, 2.75) is 38.5 Å². The number of nitrogens with zero attached hydrogens (tertiary/aromatic N) is 2. The molecule has 0 aliphatic rings. The van der Waals surface area contributed by atoms with Crippen LogP contribution in [-0.2, 0) is 11.3 Å². The molecule has 3 nitrogen and oxygen atoms in total. The molecule has 2 heterocycles. The van der Waals surface area contributed by atoms with E-state index in [-0.39, 0.29) is 18.0 Å². The number of aromatic nitrogens is 2. The first-order valence-electron chi connectivity index (χ1n) is 10.8. The zero-order valence-electron chi connectivity index (χ0n) is 17.7. The number of hydrogen-bond acceptors (Lipinski definition) is 2. The van der Waals surface area contributed by atoms with Crippen molar-refractivity contribution < 1.29 is 13.7 Å². The largest absolute Gasteiger partial charge is 0.369 e. The third kappa shape index (κ3) is 5.49. The van der Waals surface area contributed by atoms with Crippen molar-refractivity contribution >= 4 is 11.3 Å². The second-order valence-electron chi connectivity index (χ2n) is 7.65. The molecule has 2 aromatic carbocycles. The molecular formula is C26H28FN2OS+. The van der Waals surface area contributed by atoms with Crippen LogP contribution in [0.4, 0.5) is 4.39 Å². The lowest BCUT2D eigenvalue weighted by molar-refractivity contribution is -0.704. The van der Waals surface area contributed by atoms with Crippen molar-refractivity contribution in [3.05, 3.63) is 113 Å². The molecule has 4 rings (SSSR count). The second kappa shape index (κ2) is 10.5. The number of hydrogen-bond donors (Lipinski definition) is 0. The number of imidazole rings is 1. The highest BCUT2D eigenvalue weighted by Gasteiger charge is 2.23. The molecule has 0 saturated carbocycles. The molecule has 0 N–H and O–H groups in total. The van der Waals surface area contributed by atoms with Gasteiger partial charge in [-0.25, -0.2) is 13.5 Å². The predicted octanol–water partition coefficient (Wildman–Crippen LogP) is 6.17. The first-order chi connectivity index (χ1) is 15.2. The summed E-state index contributed by atoms with van der Waals surface area (Å²) in [4.78, 5) is 1.24. The van der Waals surface area contributed by atoms with Crippen molar-refractivity contribution in [3.8, 4) is 0 Å². The molecule has 0 saturated heterocycles. The first-order valence-corrected chi connectivity index (χ1v) is 11.6. The molecule has 31 heavy (non-hydrogen) atoms. The van der Waals surface area contributed by atoms with Gasteiger partial charge in [0.25, 0.3) is 0 Å². The van der Waals surface area contributed by atoms with Crippen molar-refractivity contribution in [1.29, 1.82) is 0 Å². The summed E-state index contributed by atoms with van der Waals surface area (Å²) in [5.74, 6) is -0.221. The molecule has 0 fully saturated rings. The third-order valence-corrected chi connectivity index (χ3v) is 6.33. The van der Waals surface area contributed by atoms with E-state index in [0.717, 1.165) is 37.1 Å². The average Bonchev–Trinajstić information content (AvgIpc) is 3.48. The average molecular weight is 436 g/mol. The van der Waals surface area contributed by atoms with Gasteiger partial charge in [0.1, 0.15) is 30.9 Å². The molecule has 0 aliphatic carbocycles. The van der Waals surface area contributed by atoms with Gasteiger partial charge < -0.3 is 4.74 Å². The highest BCUT2D eigenvalue weighted by molar-refractivity contribution is 7.10. The quantitative estimate of drug-likeness (QED) is 0.215. The van der Waals surface area contributed by atoms with Gasteiger partial charge in [0, 0.05) is 22.6 Å². The Morgan fingerprint density at radius 1 is 1.00 bits per heavy atom. The molecule has 0 spiro atoms. The Balaban J connectivity index is 1.60. The maximum atomic E-state index is 13.5. The van der Waals surface area contributed by atoms with Gasteiger partial charge in [0.15, 0.2) is 6.04 Å². The molecule has 4 aromatic rings. The summed E-state index contributed by atoms with van der Waals surface area (Å²) in [6, 6.07) is 21.3. The van der Waals surface area contributed by atoms with Crippen LogP contribution >= 0.6 is 11.3 Å². The fraction of sp³-hybridized carbons (Fsp3) is 0.269. The molecule has 2 unspecified atom stereocenters. The fourth-order valence-corrected chi connectivity index (χ4v) is 4.52. The van der Waals surface area contributed by atoms with Crippen molar-refractivity contribution in [3.63, 3.8) is 0 Å². The maximum absolute atomic E-state index is 13.5.